The Bertz CT molecular complexity index is 1990. The number of rotatable bonds is 16. The van der Waals surface area contributed by atoms with E-state index in [0.717, 1.165) is 33.4 Å². The van der Waals surface area contributed by atoms with E-state index < -0.39 is 54.3 Å². The minimum atomic E-state index is -1.23. The molecule has 4 amide bonds. The van der Waals surface area contributed by atoms with Crippen molar-refractivity contribution >= 4 is 29.6 Å². The van der Waals surface area contributed by atoms with Crippen LogP contribution in [-0.2, 0) is 38.4 Å². The van der Waals surface area contributed by atoms with Crippen LogP contribution in [0.1, 0.15) is 32.6 Å². The van der Waals surface area contributed by atoms with Crippen molar-refractivity contribution in [2.75, 3.05) is 6.54 Å². The lowest BCUT2D eigenvalue weighted by atomic mass is 9.98. The summed E-state index contributed by atoms with van der Waals surface area (Å²) < 4.78 is 0. The molecule has 0 radical (unpaired) electrons. The van der Waals surface area contributed by atoms with Gasteiger partial charge in [-0.15, -0.1) is 0 Å². The minimum absolute atomic E-state index is 0.0609. The molecule has 5 aromatic carbocycles. The zero-order valence-corrected chi connectivity index (χ0v) is 29.3. The highest BCUT2D eigenvalue weighted by Crippen LogP contribution is 2.20. The summed E-state index contributed by atoms with van der Waals surface area (Å²) in [6.07, 6.45) is 0.289. The summed E-state index contributed by atoms with van der Waals surface area (Å²) in [6, 6.07) is 39.2. The van der Waals surface area contributed by atoms with E-state index in [1.54, 1.807) is 36.4 Å². The van der Waals surface area contributed by atoms with Gasteiger partial charge in [0, 0.05) is 24.8 Å². The molecule has 0 aliphatic rings. The molecule has 5 aromatic rings. The second-order valence-electron chi connectivity index (χ2n) is 12.8. The highest BCUT2D eigenvalue weighted by atomic mass is 16.4. The number of benzene rings is 5. The maximum Gasteiger partial charge on any atom is 0.322 e. The van der Waals surface area contributed by atoms with Crippen LogP contribution >= 0.6 is 0 Å². The van der Waals surface area contributed by atoms with Crippen molar-refractivity contribution in [3.05, 3.63) is 167 Å². The van der Waals surface area contributed by atoms with Gasteiger partial charge in [0.25, 0.3) is 5.91 Å². The standard InChI is InChI=1S/C43H42N4O6/c1-29-17-21-35(22-18-29)40(50)45-37(26-31-13-7-3-8-14-31)42(52)47-38(27-32-19-23-34(24-20-32)33-15-9-4-10-16-33)43(53)46-36(41(51)44-28-39(48)49)25-30-11-5-2-6-12-30/h2-24,36-38H,25-28H2,1H3,(H,44,51)(H,45,50)(H,46,53)(H,47,52)(H,48,49)/t36-,37?,38+/m1/s1. The number of aryl methyl sites for hydroxylation is 1. The largest absolute Gasteiger partial charge is 0.480 e. The molecule has 3 atom stereocenters. The third-order valence-corrected chi connectivity index (χ3v) is 8.68. The Hall–Kier alpha value is -6.55. The molecule has 0 fully saturated rings. The SMILES string of the molecule is Cc1ccc(C(=O)NC(Cc2ccccc2)C(=O)N[C@@H](Cc2ccc(-c3ccccc3)cc2)C(=O)N[C@H](Cc2ccccc2)C(=O)NCC(=O)O)cc1. The van der Waals surface area contributed by atoms with Crippen molar-refractivity contribution in [1.82, 2.24) is 21.3 Å². The van der Waals surface area contributed by atoms with E-state index in [1.807, 2.05) is 110 Å². The topological polar surface area (TPSA) is 154 Å². The van der Waals surface area contributed by atoms with Gasteiger partial charge in [0.1, 0.15) is 24.7 Å². The zero-order chi connectivity index (χ0) is 37.6. The van der Waals surface area contributed by atoms with Gasteiger partial charge in [0.15, 0.2) is 0 Å². The van der Waals surface area contributed by atoms with Gasteiger partial charge in [-0.3, -0.25) is 24.0 Å². The lowest BCUT2D eigenvalue weighted by Gasteiger charge is -2.26. The first-order valence-corrected chi connectivity index (χ1v) is 17.3. The van der Waals surface area contributed by atoms with Crippen molar-refractivity contribution in [2.24, 2.45) is 0 Å². The van der Waals surface area contributed by atoms with E-state index in [4.69, 9.17) is 0 Å². The van der Waals surface area contributed by atoms with Gasteiger partial charge in [-0.25, -0.2) is 0 Å². The van der Waals surface area contributed by atoms with Crippen LogP contribution in [-0.4, -0.2) is 59.4 Å². The number of hydrogen-bond donors (Lipinski definition) is 5. The number of amides is 4. The van der Waals surface area contributed by atoms with Gasteiger partial charge in [-0.2, -0.15) is 0 Å². The Morgan fingerprint density at radius 3 is 1.40 bits per heavy atom. The molecule has 0 saturated carbocycles. The highest BCUT2D eigenvalue weighted by molar-refractivity contribution is 5.99. The molecule has 0 heterocycles. The number of carboxylic acids is 1. The average molecular weight is 711 g/mol. The van der Waals surface area contributed by atoms with E-state index in [-0.39, 0.29) is 19.3 Å². The van der Waals surface area contributed by atoms with Crippen molar-refractivity contribution in [1.29, 1.82) is 0 Å². The fraction of sp³-hybridized carbons (Fsp3) is 0.186. The fourth-order valence-corrected chi connectivity index (χ4v) is 5.80. The predicted octanol–water partition coefficient (Wildman–Crippen LogP) is 4.66. The van der Waals surface area contributed by atoms with E-state index in [9.17, 15) is 29.1 Å². The van der Waals surface area contributed by atoms with Crippen LogP contribution < -0.4 is 21.3 Å². The Kier molecular flexibility index (Phi) is 13.2. The molecule has 5 rings (SSSR count). The third-order valence-electron chi connectivity index (χ3n) is 8.68. The molecule has 5 N–H and O–H groups in total. The van der Waals surface area contributed by atoms with E-state index in [0.29, 0.717) is 5.56 Å². The number of aliphatic carboxylic acids is 1. The molecule has 0 aromatic heterocycles. The van der Waals surface area contributed by atoms with Crippen LogP contribution in [0.2, 0.25) is 0 Å². The highest BCUT2D eigenvalue weighted by Gasteiger charge is 2.30. The minimum Gasteiger partial charge on any atom is -0.480 e. The average Bonchev–Trinajstić information content (AvgIpc) is 3.17. The van der Waals surface area contributed by atoms with Crippen LogP contribution in [0.25, 0.3) is 11.1 Å². The second-order valence-corrected chi connectivity index (χ2v) is 12.8. The normalized spacial score (nSPS) is 12.4. The molecule has 0 aliphatic carbocycles. The van der Waals surface area contributed by atoms with Crippen LogP contribution in [0.3, 0.4) is 0 Å². The van der Waals surface area contributed by atoms with Crippen molar-refractivity contribution in [3.63, 3.8) is 0 Å². The van der Waals surface area contributed by atoms with E-state index >= 15 is 0 Å². The Morgan fingerprint density at radius 1 is 0.491 bits per heavy atom. The first-order valence-electron chi connectivity index (χ1n) is 17.3. The molecule has 10 nitrogen and oxygen atoms in total. The van der Waals surface area contributed by atoms with Crippen molar-refractivity contribution in [3.8, 4) is 11.1 Å². The van der Waals surface area contributed by atoms with Gasteiger partial charge < -0.3 is 26.4 Å². The molecule has 10 heteroatoms. The molecule has 0 aliphatic heterocycles. The lowest BCUT2D eigenvalue weighted by molar-refractivity contribution is -0.138. The Labute approximate surface area is 308 Å². The summed E-state index contributed by atoms with van der Waals surface area (Å²) in [5.41, 5.74) is 5.63. The summed E-state index contributed by atoms with van der Waals surface area (Å²) in [5.74, 6) is -3.61. The number of nitrogens with one attached hydrogen (secondary N) is 4. The van der Waals surface area contributed by atoms with Crippen LogP contribution in [0.4, 0.5) is 0 Å². The summed E-state index contributed by atoms with van der Waals surface area (Å²) >= 11 is 0. The number of carbonyl (C=O) groups excluding carboxylic acids is 4. The maximum atomic E-state index is 14.2. The second kappa shape index (κ2) is 18.6. The molecular weight excluding hydrogens is 668 g/mol. The Morgan fingerprint density at radius 2 is 0.906 bits per heavy atom. The number of carboxylic acid groups (broad SMARTS) is 1. The number of hydrogen-bond acceptors (Lipinski definition) is 5. The zero-order valence-electron chi connectivity index (χ0n) is 29.3. The van der Waals surface area contributed by atoms with Crippen molar-refractivity contribution < 1.29 is 29.1 Å². The van der Waals surface area contributed by atoms with Crippen molar-refractivity contribution in [2.45, 2.75) is 44.3 Å². The molecular formula is C43H42N4O6. The van der Waals surface area contributed by atoms with Crippen LogP contribution in [0.5, 0.6) is 0 Å². The summed E-state index contributed by atoms with van der Waals surface area (Å²) in [6.45, 7) is 1.28. The van der Waals surface area contributed by atoms with Crippen LogP contribution in [0, 0.1) is 6.92 Å². The lowest BCUT2D eigenvalue weighted by Crippen LogP contribution is -2.58. The van der Waals surface area contributed by atoms with Gasteiger partial charge >= 0.3 is 5.97 Å². The molecule has 0 saturated heterocycles. The molecule has 53 heavy (non-hydrogen) atoms. The monoisotopic (exact) mass is 710 g/mol. The predicted molar refractivity (Wildman–Crippen MR) is 203 cm³/mol. The van der Waals surface area contributed by atoms with Gasteiger partial charge in [0.2, 0.25) is 17.7 Å². The summed E-state index contributed by atoms with van der Waals surface area (Å²) in [5, 5.41) is 20.0. The molecule has 0 bridgehead atoms. The van der Waals surface area contributed by atoms with Gasteiger partial charge in [0.05, 0.1) is 0 Å². The number of carbonyl (C=O) groups is 5. The smallest absolute Gasteiger partial charge is 0.322 e. The van der Waals surface area contributed by atoms with E-state index in [2.05, 4.69) is 21.3 Å². The van der Waals surface area contributed by atoms with E-state index in [1.165, 1.54) is 0 Å². The first-order chi connectivity index (χ1) is 25.6. The van der Waals surface area contributed by atoms with Gasteiger partial charge in [-0.05, 0) is 46.9 Å². The quantitative estimate of drug-likeness (QED) is 0.100. The Balaban J connectivity index is 1.43. The third kappa shape index (κ3) is 11.5. The fourth-order valence-electron chi connectivity index (χ4n) is 5.80. The maximum absolute atomic E-state index is 14.2. The van der Waals surface area contributed by atoms with Gasteiger partial charge in [-0.1, -0.05) is 133 Å². The summed E-state index contributed by atoms with van der Waals surface area (Å²) in [4.78, 5) is 66.2. The molecule has 0 spiro atoms. The molecule has 270 valence electrons. The summed E-state index contributed by atoms with van der Waals surface area (Å²) in [7, 11) is 0. The first kappa shape index (κ1) is 37.7. The van der Waals surface area contributed by atoms with Crippen LogP contribution in [0.15, 0.2) is 140 Å². The molecule has 1 unspecified atom stereocenters.